The van der Waals surface area contributed by atoms with Crippen molar-refractivity contribution in [2.24, 2.45) is 0 Å². The summed E-state index contributed by atoms with van der Waals surface area (Å²) in [5.74, 6) is -0.552. The molecule has 5 nitrogen and oxygen atoms in total. The van der Waals surface area contributed by atoms with E-state index in [2.05, 4.69) is 10.6 Å². The summed E-state index contributed by atoms with van der Waals surface area (Å²) in [6.07, 6.45) is 2.97. The van der Waals surface area contributed by atoms with Gasteiger partial charge in [0.15, 0.2) is 0 Å². The van der Waals surface area contributed by atoms with Crippen molar-refractivity contribution in [3.05, 3.63) is 29.8 Å². The lowest BCUT2D eigenvalue weighted by atomic mass is 10.0. The average molecular weight is 262 g/mol. The number of ether oxygens (including phenoxy) is 1. The summed E-state index contributed by atoms with van der Waals surface area (Å²) in [5.41, 5.74) is 0.862. The van der Waals surface area contributed by atoms with E-state index in [-0.39, 0.29) is 11.9 Å². The quantitative estimate of drug-likeness (QED) is 0.811. The number of carbonyl (C=O) groups excluding carboxylic acids is 2. The summed E-state index contributed by atoms with van der Waals surface area (Å²) >= 11 is 0. The van der Waals surface area contributed by atoms with Crippen molar-refractivity contribution < 1.29 is 14.3 Å². The molecule has 1 atom stereocenters. The molecule has 1 aliphatic heterocycles. The molecule has 0 unspecified atom stereocenters. The minimum atomic E-state index is -0.451. The van der Waals surface area contributed by atoms with Gasteiger partial charge in [-0.25, -0.2) is 4.79 Å². The Balaban J connectivity index is 2.09. The van der Waals surface area contributed by atoms with Crippen LogP contribution in [0.5, 0.6) is 0 Å². The Labute approximate surface area is 112 Å². The molecule has 1 saturated heterocycles. The molecule has 5 heteroatoms. The Bertz CT molecular complexity index is 468. The van der Waals surface area contributed by atoms with E-state index >= 15 is 0 Å². The van der Waals surface area contributed by atoms with Crippen molar-refractivity contribution in [3.8, 4) is 0 Å². The first-order chi connectivity index (χ1) is 9.22. The zero-order valence-corrected chi connectivity index (χ0v) is 10.9. The van der Waals surface area contributed by atoms with E-state index in [0.29, 0.717) is 11.3 Å². The predicted octanol–water partition coefficient (Wildman–Crippen LogP) is 1.55. The van der Waals surface area contributed by atoms with Crippen molar-refractivity contribution in [1.29, 1.82) is 0 Å². The summed E-state index contributed by atoms with van der Waals surface area (Å²) in [7, 11) is 1.32. The maximum absolute atomic E-state index is 12.1. The molecule has 1 aromatic carbocycles. The predicted molar refractivity (Wildman–Crippen MR) is 72.1 cm³/mol. The SMILES string of the molecule is COC(=O)c1ccccc1NC(=O)[C@@H]1CCCCN1. The van der Waals surface area contributed by atoms with Crippen LogP contribution in [0.3, 0.4) is 0 Å². The zero-order chi connectivity index (χ0) is 13.7. The van der Waals surface area contributed by atoms with Gasteiger partial charge in [0.25, 0.3) is 0 Å². The summed E-state index contributed by atoms with van der Waals surface area (Å²) in [5, 5.41) is 5.97. The first-order valence-electron chi connectivity index (χ1n) is 6.44. The van der Waals surface area contributed by atoms with E-state index in [9.17, 15) is 9.59 Å². The maximum Gasteiger partial charge on any atom is 0.339 e. The van der Waals surface area contributed by atoms with Gasteiger partial charge in [-0.05, 0) is 31.5 Å². The molecular formula is C14H18N2O3. The highest BCUT2D eigenvalue weighted by molar-refractivity contribution is 6.02. The minimum absolute atomic E-state index is 0.101. The lowest BCUT2D eigenvalue weighted by Gasteiger charge is -2.22. The van der Waals surface area contributed by atoms with E-state index in [1.807, 2.05) is 0 Å². The number of anilines is 1. The van der Waals surface area contributed by atoms with Crippen molar-refractivity contribution >= 4 is 17.6 Å². The molecule has 1 heterocycles. The number of hydrogen-bond donors (Lipinski definition) is 2. The second-order valence-corrected chi connectivity index (χ2v) is 4.53. The average Bonchev–Trinajstić information content (AvgIpc) is 2.48. The van der Waals surface area contributed by atoms with Crippen molar-refractivity contribution in [2.75, 3.05) is 19.0 Å². The van der Waals surface area contributed by atoms with Gasteiger partial charge in [-0.1, -0.05) is 18.6 Å². The normalized spacial score (nSPS) is 18.7. The molecule has 1 aliphatic rings. The van der Waals surface area contributed by atoms with E-state index in [0.717, 1.165) is 25.8 Å². The lowest BCUT2D eigenvalue weighted by molar-refractivity contribution is -0.118. The lowest BCUT2D eigenvalue weighted by Crippen LogP contribution is -2.43. The Morgan fingerprint density at radius 2 is 2.11 bits per heavy atom. The maximum atomic E-state index is 12.1. The third kappa shape index (κ3) is 3.32. The molecule has 2 rings (SSSR count). The van der Waals surface area contributed by atoms with Crippen LogP contribution in [0.15, 0.2) is 24.3 Å². The van der Waals surface area contributed by atoms with Crippen LogP contribution >= 0.6 is 0 Å². The smallest absolute Gasteiger partial charge is 0.339 e. The molecule has 0 radical (unpaired) electrons. The molecule has 102 valence electrons. The molecule has 2 N–H and O–H groups in total. The van der Waals surface area contributed by atoms with Gasteiger partial charge in [0.05, 0.1) is 24.4 Å². The number of piperidine rings is 1. The van der Waals surface area contributed by atoms with Crippen LogP contribution in [0.1, 0.15) is 29.6 Å². The Morgan fingerprint density at radius 3 is 2.79 bits per heavy atom. The van der Waals surface area contributed by atoms with Crippen LogP contribution < -0.4 is 10.6 Å². The third-order valence-corrected chi connectivity index (χ3v) is 3.22. The van der Waals surface area contributed by atoms with E-state index < -0.39 is 5.97 Å². The van der Waals surface area contributed by atoms with Crippen molar-refractivity contribution in [3.63, 3.8) is 0 Å². The van der Waals surface area contributed by atoms with Crippen LogP contribution in [-0.4, -0.2) is 31.6 Å². The van der Waals surface area contributed by atoms with Crippen LogP contribution in [0.4, 0.5) is 5.69 Å². The van der Waals surface area contributed by atoms with Crippen LogP contribution in [0.2, 0.25) is 0 Å². The largest absolute Gasteiger partial charge is 0.465 e. The Hall–Kier alpha value is -1.88. The number of para-hydroxylation sites is 1. The van der Waals surface area contributed by atoms with Gasteiger partial charge in [-0.2, -0.15) is 0 Å². The topological polar surface area (TPSA) is 67.4 Å². The molecule has 0 spiro atoms. The fraction of sp³-hybridized carbons (Fsp3) is 0.429. The minimum Gasteiger partial charge on any atom is -0.465 e. The summed E-state index contributed by atoms with van der Waals surface area (Å²) in [4.78, 5) is 23.7. The highest BCUT2D eigenvalue weighted by atomic mass is 16.5. The molecule has 1 aromatic rings. The monoisotopic (exact) mass is 262 g/mol. The third-order valence-electron chi connectivity index (χ3n) is 3.22. The van der Waals surface area contributed by atoms with Gasteiger partial charge in [0, 0.05) is 0 Å². The van der Waals surface area contributed by atoms with Crippen molar-refractivity contribution in [2.45, 2.75) is 25.3 Å². The fourth-order valence-corrected chi connectivity index (χ4v) is 2.18. The van der Waals surface area contributed by atoms with E-state index in [1.165, 1.54) is 7.11 Å². The number of hydrogen-bond acceptors (Lipinski definition) is 4. The second kappa shape index (κ2) is 6.33. The first-order valence-corrected chi connectivity index (χ1v) is 6.44. The molecule has 0 aromatic heterocycles. The number of nitrogens with one attached hydrogen (secondary N) is 2. The van der Waals surface area contributed by atoms with Gasteiger partial charge in [-0.3, -0.25) is 4.79 Å². The summed E-state index contributed by atoms with van der Waals surface area (Å²) in [6.45, 7) is 0.858. The van der Waals surface area contributed by atoms with Crippen LogP contribution in [0.25, 0.3) is 0 Å². The summed E-state index contributed by atoms with van der Waals surface area (Å²) in [6, 6.07) is 6.67. The van der Waals surface area contributed by atoms with Crippen LogP contribution in [0, 0.1) is 0 Å². The molecular weight excluding hydrogens is 244 g/mol. The Morgan fingerprint density at radius 1 is 1.32 bits per heavy atom. The van der Waals surface area contributed by atoms with Gasteiger partial charge >= 0.3 is 5.97 Å². The highest BCUT2D eigenvalue weighted by Crippen LogP contribution is 2.17. The highest BCUT2D eigenvalue weighted by Gasteiger charge is 2.22. The first kappa shape index (κ1) is 13.5. The van der Waals surface area contributed by atoms with Gasteiger partial charge in [0.1, 0.15) is 0 Å². The number of amides is 1. The number of rotatable bonds is 3. The molecule has 1 amide bonds. The van der Waals surface area contributed by atoms with Crippen LogP contribution in [-0.2, 0) is 9.53 Å². The molecule has 0 saturated carbocycles. The van der Waals surface area contributed by atoms with E-state index in [4.69, 9.17) is 4.74 Å². The second-order valence-electron chi connectivity index (χ2n) is 4.53. The Kier molecular flexibility index (Phi) is 4.52. The molecule has 19 heavy (non-hydrogen) atoms. The number of benzene rings is 1. The number of esters is 1. The number of methoxy groups -OCH3 is 1. The fourth-order valence-electron chi connectivity index (χ4n) is 2.18. The standard InChI is InChI=1S/C14H18N2O3/c1-19-14(18)10-6-2-3-7-11(10)16-13(17)12-8-4-5-9-15-12/h2-3,6-7,12,15H,4-5,8-9H2,1H3,(H,16,17)/t12-/m0/s1. The van der Waals surface area contributed by atoms with Gasteiger partial charge in [-0.15, -0.1) is 0 Å². The van der Waals surface area contributed by atoms with Gasteiger partial charge in [0.2, 0.25) is 5.91 Å². The van der Waals surface area contributed by atoms with Crippen molar-refractivity contribution in [1.82, 2.24) is 5.32 Å². The van der Waals surface area contributed by atoms with E-state index in [1.54, 1.807) is 24.3 Å². The van der Waals surface area contributed by atoms with Gasteiger partial charge < -0.3 is 15.4 Å². The zero-order valence-electron chi connectivity index (χ0n) is 10.9. The molecule has 1 fully saturated rings. The molecule has 0 aliphatic carbocycles. The summed E-state index contributed by atoms with van der Waals surface area (Å²) < 4.78 is 4.70. The molecule has 0 bridgehead atoms. The number of carbonyl (C=O) groups is 2.